The molecule has 0 fully saturated rings. The van der Waals surface area contributed by atoms with E-state index >= 15 is 0 Å². The van der Waals surface area contributed by atoms with Gasteiger partial charge in [-0.2, -0.15) is 5.10 Å². The monoisotopic (exact) mass is 291 g/mol. The number of amides is 2. The highest BCUT2D eigenvalue weighted by Crippen LogP contribution is 2.15. The van der Waals surface area contributed by atoms with E-state index in [4.69, 9.17) is 10.3 Å². The number of furan rings is 1. The zero-order valence-electron chi connectivity index (χ0n) is 12.1. The van der Waals surface area contributed by atoms with E-state index in [1.807, 2.05) is 0 Å². The van der Waals surface area contributed by atoms with Crippen LogP contribution in [0.2, 0.25) is 0 Å². The molecule has 0 saturated carbocycles. The minimum Gasteiger partial charge on any atom is -0.464 e. The third-order valence-corrected chi connectivity index (χ3v) is 2.93. The summed E-state index contributed by atoms with van der Waals surface area (Å²) in [5.74, 6) is 5.54. The first-order valence-electron chi connectivity index (χ1n) is 6.27. The minimum atomic E-state index is -0.411. The largest absolute Gasteiger partial charge is 0.464 e. The summed E-state index contributed by atoms with van der Waals surface area (Å²) in [6.07, 6.45) is 1.68. The van der Waals surface area contributed by atoms with Crippen LogP contribution >= 0.6 is 0 Å². The van der Waals surface area contributed by atoms with E-state index in [0.717, 1.165) is 0 Å². The second-order valence-electron chi connectivity index (χ2n) is 4.75. The molecule has 112 valence electrons. The molecule has 2 amide bonds. The second kappa shape index (κ2) is 5.80. The maximum atomic E-state index is 11.8. The lowest BCUT2D eigenvalue weighted by Gasteiger charge is -2.06. The highest BCUT2D eigenvalue weighted by atomic mass is 16.3. The fourth-order valence-corrected chi connectivity index (χ4v) is 1.88. The molecule has 2 rings (SSSR count). The van der Waals surface area contributed by atoms with Crippen molar-refractivity contribution in [3.05, 3.63) is 41.1 Å². The molecule has 0 atom stereocenters. The summed E-state index contributed by atoms with van der Waals surface area (Å²) in [4.78, 5) is 24.7. The van der Waals surface area contributed by atoms with Crippen molar-refractivity contribution in [3.63, 3.8) is 0 Å². The fourth-order valence-electron chi connectivity index (χ4n) is 1.88. The van der Waals surface area contributed by atoms with Gasteiger partial charge in [-0.05, 0) is 19.1 Å². The zero-order chi connectivity index (χ0) is 15.6. The van der Waals surface area contributed by atoms with Crippen molar-refractivity contribution in [2.24, 2.45) is 5.84 Å². The van der Waals surface area contributed by atoms with E-state index in [2.05, 4.69) is 10.5 Å². The third kappa shape index (κ3) is 3.11. The van der Waals surface area contributed by atoms with Crippen LogP contribution in [0.1, 0.15) is 32.4 Å². The minimum absolute atomic E-state index is 0.174. The molecule has 3 N–H and O–H groups in total. The molecule has 8 heteroatoms. The summed E-state index contributed by atoms with van der Waals surface area (Å²) >= 11 is 0. The number of carbonyl (C=O) groups excluding carboxylic acids is 2. The Kier molecular flexibility index (Phi) is 4.08. The Morgan fingerprint density at radius 3 is 2.81 bits per heavy atom. The van der Waals surface area contributed by atoms with Crippen LogP contribution in [0, 0.1) is 6.92 Å². The Labute approximate surface area is 121 Å². The molecule has 0 aliphatic heterocycles. The molecule has 0 radical (unpaired) electrons. The van der Waals surface area contributed by atoms with Gasteiger partial charge in [0.15, 0.2) is 0 Å². The zero-order valence-corrected chi connectivity index (χ0v) is 12.1. The number of nitrogens with zero attached hydrogens (tertiary/aromatic N) is 3. The summed E-state index contributed by atoms with van der Waals surface area (Å²) in [6.45, 7) is 2.00. The standard InChI is InChI=1S/C13H17N5O3/c1-8-10(12(19)15-14)6-9(21-8)7-18-5-4-11(16-18)13(20)17(2)3/h4-6H,7,14H2,1-3H3,(H,15,19). The van der Waals surface area contributed by atoms with Crippen molar-refractivity contribution >= 4 is 11.8 Å². The number of hydrazine groups is 1. The molecule has 8 nitrogen and oxygen atoms in total. The van der Waals surface area contributed by atoms with Gasteiger partial charge in [-0.15, -0.1) is 0 Å². The van der Waals surface area contributed by atoms with E-state index in [1.165, 1.54) is 4.90 Å². The number of hydrogen-bond donors (Lipinski definition) is 2. The lowest BCUT2D eigenvalue weighted by atomic mass is 10.2. The molecule has 2 heterocycles. The summed E-state index contributed by atoms with van der Waals surface area (Å²) < 4.78 is 7.05. The molecule has 0 spiro atoms. The lowest BCUT2D eigenvalue weighted by Crippen LogP contribution is -2.30. The van der Waals surface area contributed by atoms with E-state index in [1.54, 1.807) is 44.0 Å². The predicted molar refractivity (Wildman–Crippen MR) is 74.4 cm³/mol. The van der Waals surface area contributed by atoms with Crippen molar-refractivity contribution in [2.75, 3.05) is 14.1 Å². The molecule has 0 aromatic carbocycles. The van der Waals surface area contributed by atoms with Crippen LogP contribution in [0.3, 0.4) is 0 Å². The van der Waals surface area contributed by atoms with Crippen molar-refractivity contribution in [3.8, 4) is 0 Å². The van der Waals surface area contributed by atoms with Crippen LogP contribution in [-0.4, -0.2) is 40.6 Å². The molecule has 0 saturated heterocycles. The van der Waals surface area contributed by atoms with Gasteiger partial charge in [0, 0.05) is 20.3 Å². The molecule has 21 heavy (non-hydrogen) atoms. The number of nitrogen functional groups attached to an aromatic ring is 1. The van der Waals surface area contributed by atoms with Gasteiger partial charge < -0.3 is 9.32 Å². The molecule has 2 aromatic heterocycles. The number of aryl methyl sites for hydroxylation is 1. The number of carbonyl (C=O) groups is 2. The SMILES string of the molecule is Cc1oc(Cn2ccc(C(=O)N(C)C)n2)cc1C(=O)NN. The van der Waals surface area contributed by atoms with Crippen molar-refractivity contribution < 1.29 is 14.0 Å². The van der Waals surface area contributed by atoms with E-state index in [9.17, 15) is 9.59 Å². The van der Waals surface area contributed by atoms with Gasteiger partial charge in [-0.25, -0.2) is 5.84 Å². The average molecular weight is 291 g/mol. The van der Waals surface area contributed by atoms with Gasteiger partial charge in [-0.1, -0.05) is 0 Å². The number of nitrogens with two attached hydrogens (primary N) is 1. The number of aromatic nitrogens is 2. The lowest BCUT2D eigenvalue weighted by molar-refractivity contribution is 0.0820. The van der Waals surface area contributed by atoms with E-state index in [-0.39, 0.29) is 5.91 Å². The molecule has 0 aliphatic carbocycles. The Bertz CT molecular complexity index is 671. The van der Waals surface area contributed by atoms with Crippen LogP contribution in [-0.2, 0) is 6.54 Å². The van der Waals surface area contributed by atoms with Gasteiger partial charge >= 0.3 is 0 Å². The quantitative estimate of drug-likeness (QED) is 0.473. The first-order valence-corrected chi connectivity index (χ1v) is 6.27. The highest BCUT2D eigenvalue weighted by Gasteiger charge is 2.15. The molecule has 0 bridgehead atoms. The predicted octanol–water partition coefficient (Wildman–Crippen LogP) is 0.138. The van der Waals surface area contributed by atoms with Gasteiger partial charge in [0.05, 0.1) is 12.1 Å². The normalized spacial score (nSPS) is 10.5. The summed E-state index contributed by atoms with van der Waals surface area (Å²) in [5.41, 5.74) is 2.79. The van der Waals surface area contributed by atoms with Gasteiger partial charge in [-0.3, -0.25) is 19.7 Å². The topological polar surface area (TPSA) is 106 Å². The maximum Gasteiger partial charge on any atom is 0.273 e. The number of hydrogen-bond acceptors (Lipinski definition) is 5. The smallest absolute Gasteiger partial charge is 0.273 e. The molecule has 0 unspecified atom stereocenters. The fraction of sp³-hybridized carbons (Fsp3) is 0.308. The maximum absolute atomic E-state index is 11.8. The van der Waals surface area contributed by atoms with Crippen molar-refractivity contribution in [1.29, 1.82) is 0 Å². The summed E-state index contributed by atoms with van der Waals surface area (Å²) in [7, 11) is 3.32. The van der Waals surface area contributed by atoms with Crippen LogP contribution in [0.15, 0.2) is 22.7 Å². The van der Waals surface area contributed by atoms with Crippen molar-refractivity contribution in [1.82, 2.24) is 20.1 Å². The van der Waals surface area contributed by atoms with Crippen LogP contribution in [0.4, 0.5) is 0 Å². The molecule has 0 aliphatic rings. The van der Waals surface area contributed by atoms with Gasteiger partial charge in [0.2, 0.25) is 0 Å². The molecular weight excluding hydrogens is 274 g/mol. The first-order chi connectivity index (χ1) is 9.92. The second-order valence-corrected chi connectivity index (χ2v) is 4.75. The molecule has 2 aromatic rings. The Hall–Kier alpha value is -2.61. The van der Waals surface area contributed by atoms with Crippen LogP contribution in [0.25, 0.3) is 0 Å². The summed E-state index contributed by atoms with van der Waals surface area (Å²) in [6, 6.07) is 3.23. The van der Waals surface area contributed by atoms with Crippen LogP contribution < -0.4 is 11.3 Å². The van der Waals surface area contributed by atoms with Crippen LogP contribution in [0.5, 0.6) is 0 Å². The van der Waals surface area contributed by atoms with Gasteiger partial charge in [0.25, 0.3) is 11.8 Å². The van der Waals surface area contributed by atoms with E-state index in [0.29, 0.717) is 29.3 Å². The number of nitrogens with one attached hydrogen (secondary N) is 1. The van der Waals surface area contributed by atoms with Crippen molar-refractivity contribution in [2.45, 2.75) is 13.5 Å². The Morgan fingerprint density at radius 2 is 2.19 bits per heavy atom. The van der Waals surface area contributed by atoms with Gasteiger partial charge in [0.1, 0.15) is 17.2 Å². The Balaban J connectivity index is 2.16. The summed E-state index contributed by atoms with van der Waals surface area (Å²) in [5, 5.41) is 4.17. The molecular formula is C13H17N5O3. The average Bonchev–Trinajstić information content (AvgIpc) is 3.04. The number of rotatable bonds is 4. The Morgan fingerprint density at radius 1 is 1.48 bits per heavy atom. The third-order valence-electron chi connectivity index (χ3n) is 2.93. The highest BCUT2D eigenvalue weighted by molar-refractivity contribution is 5.94. The van der Waals surface area contributed by atoms with E-state index < -0.39 is 5.91 Å². The first kappa shape index (κ1) is 14.8.